The number of anilines is 1. The van der Waals surface area contributed by atoms with E-state index in [-0.39, 0.29) is 5.82 Å². The summed E-state index contributed by atoms with van der Waals surface area (Å²) in [7, 11) is 2.01. The van der Waals surface area contributed by atoms with Crippen LogP contribution in [-0.4, -0.2) is 57.9 Å². The molecule has 5 heteroatoms. The number of piperidine rings is 1. The number of rotatable bonds is 5. The van der Waals surface area contributed by atoms with Crippen LogP contribution in [0.2, 0.25) is 0 Å². The smallest absolute Gasteiger partial charge is 0.146 e. The number of ether oxygens (including phenoxy) is 1. The van der Waals surface area contributed by atoms with Crippen molar-refractivity contribution in [2.45, 2.75) is 19.4 Å². The first kappa shape index (κ1) is 16.7. The third kappa shape index (κ3) is 4.43. The molecule has 0 saturated carbocycles. The SMILES string of the molecule is CNC[C@H]1CCCN(Cc2ccc(N3CCOCC3)c(F)c2)C1. The lowest BCUT2D eigenvalue weighted by molar-refractivity contribution is 0.122. The molecule has 2 heterocycles. The van der Waals surface area contributed by atoms with Crippen molar-refractivity contribution in [2.24, 2.45) is 5.92 Å². The van der Waals surface area contributed by atoms with E-state index in [9.17, 15) is 4.39 Å². The standard InChI is InChI=1S/C18H28FN3O/c1-20-12-16-3-2-6-21(14-16)13-15-4-5-18(17(19)11-15)22-7-9-23-10-8-22/h4-5,11,16,20H,2-3,6-10,12-14H2,1H3/t16-/m1/s1. The van der Waals surface area contributed by atoms with E-state index in [0.717, 1.165) is 44.8 Å². The van der Waals surface area contributed by atoms with Crippen molar-refractivity contribution in [3.8, 4) is 0 Å². The van der Waals surface area contributed by atoms with E-state index < -0.39 is 0 Å². The first-order chi connectivity index (χ1) is 11.3. The van der Waals surface area contributed by atoms with E-state index in [1.54, 1.807) is 6.07 Å². The minimum Gasteiger partial charge on any atom is -0.378 e. The van der Waals surface area contributed by atoms with Gasteiger partial charge in [0.2, 0.25) is 0 Å². The largest absolute Gasteiger partial charge is 0.378 e. The fraction of sp³-hybridized carbons (Fsp3) is 0.667. The van der Waals surface area contributed by atoms with Gasteiger partial charge in [0.25, 0.3) is 0 Å². The maximum absolute atomic E-state index is 14.5. The number of hydrogen-bond donors (Lipinski definition) is 1. The Balaban J connectivity index is 1.61. The molecule has 2 saturated heterocycles. The average molecular weight is 321 g/mol. The number of hydrogen-bond acceptors (Lipinski definition) is 4. The van der Waals surface area contributed by atoms with Crippen molar-refractivity contribution in [3.05, 3.63) is 29.6 Å². The monoisotopic (exact) mass is 321 g/mol. The fourth-order valence-corrected chi connectivity index (χ4v) is 3.72. The van der Waals surface area contributed by atoms with Gasteiger partial charge >= 0.3 is 0 Å². The van der Waals surface area contributed by atoms with Crippen molar-refractivity contribution < 1.29 is 9.13 Å². The van der Waals surface area contributed by atoms with Crippen LogP contribution in [0.25, 0.3) is 0 Å². The molecule has 1 aromatic rings. The van der Waals surface area contributed by atoms with Gasteiger partial charge < -0.3 is 15.0 Å². The van der Waals surface area contributed by atoms with Crippen molar-refractivity contribution in [2.75, 3.05) is 57.9 Å². The highest BCUT2D eigenvalue weighted by Gasteiger charge is 2.20. The molecule has 1 atom stereocenters. The molecule has 0 unspecified atom stereocenters. The van der Waals surface area contributed by atoms with Gasteiger partial charge in [0.1, 0.15) is 5.82 Å². The zero-order valence-corrected chi connectivity index (χ0v) is 14.1. The van der Waals surface area contributed by atoms with E-state index in [2.05, 4.69) is 21.2 Å². The molecular formula is C18H28FN3O. The third-order valence-corrected chi connectivity index (χ3v) is 4.87. The molecule has 23 heavy (non-hydrogen) atoms. The number of morpholine rings is 1. The Labute approximate surface area is 138 Å². The molecule has 0 bridgehead atoms. The Morgan fingerprint density at radius 2 is 2.09 bits per heavy atom. The van der Waals surface area contributed by atoms with Crippen LogP contribution in [0.3, 0.4) is 0 Å². The lowest BCUT2D eigenvalue weighted by atomic mass is 9.97. The lowest BCUT2D eigenvalue weighted by Gasteiger charge is -2.33. The van der Waals surface area contributed by atoms with Crippen LogP contribution < -0.4 is 10.2 Å². The first-order valence-corrected chi connectivity index (χ1v) is 8.74. The molecule has 1 N–H and O–H groups in total. The Hall–Kier alpha value is -1.17. The van der Waals surface area contributed by atoms with E-state index in [1.165, 1.54) is 12.8 Å². The zero-order valence-electron chi connectivity index (χ0n) is 14.1. The minimum atomic E-state index is -0.104. The van der Waals surface area contributed by atoms with Gasteiger partial charge in [-0.1, -0.05) is 6.07 Å². The molecule has 2 aliphatic heterocycles. The zero-order chi connectivity index (χ0) is 16.1. The Morgan fingerprint density at radius 1 is 1.26 bits per heavy atom. The van der Waals surface area contributed by atoms with Crippen LogP contribution in [0.5, 0.6) is 0 Å². The predicted octanol–water partition coefficient (Wildman–Crippen LogP) is 2.09. The molecule has 2 aliphatic rings. The Morgan fingerprint density at radius 3 is 2.83 bits per heavy atom. The van der Waals surface area contributed by atoms with Gasteiger partial charge in [0, 0.05) is 26.2 Å². The lowest BCUT2D eigenvalue weighted by Crippen LogP contribution is -2.38. The summed E-state index contributed by atoms with van der Waals surface area (Å²) in [5.41, 5.74) is 1.79. The maximum Gasteiger partial charge on any atom is 0.146 e. The first-order valence-electron chi connectivity index (χ1n) is 8.74. The predicted molar refractivity (Wildman–Crippen MR) is 91.4 cm³/mol. The van der Waals surface area contributed by atoms with E-state index in [0.29, 0.717) is 24.8 Å². The van der Waals surface area contributed by atoms with E-state index in [1.807, 2.05) is 13.1 Å². The van der Waals surface area contributed by atoms with Crippen molar-refractivity contribution in [1.29, 1.82) is 0 Å². The summed E-state index contributed by atoms with van der Waals surface area (Å²) in [5, 5.41) is 3.27. The molecule has 128 valence electrons. The van der Waals surface area contributed by atoms with Crippen molar-refractivity contribution in [1.82, 2.24) is 10.2 Å². The van der Waals surface area contributed by atoms with Gasteiger partial charge in [-0.25, -0.2) is 4.39 Å². The molecule has 0 aliphatic carbocycles. The number of nitrogens with zero attached hydrogens (tertiary/aromatic N) is 2. The van der Waals surface area contributed by atoms with Gasteiger partial charge in [-0.05, 0) is 56.6 Å². The Bertz CT molecular complexity index is 503. The summed E-state index contributed by atoms with van der Waals surface area (Å²) in [6.45, 7) is 7.05. The average Bonchev–Trinajstić information content (AvgIpc) is 2.56. The normalized spacial score (nSPS) is 23.2. The van der Waals surface area contributed by atoms with Crippen LogP contribution in [-0.2, 0) is 11.3 Å². The second-order valence-corrected chi connectivity index (χ2v) is 6.69. The molecule has 2 fully saturated rings. The topological polar surface area (TPSA) is 27.7 Å². The van der Waals surface area contributed by atoms with E-state index in [4.69, 9.17) is 4.74 Å². The number of halogens is 1. The van der Waals surface area contributed by atoms with Crippen LogP contribution in [0, 0.1) is 11.7 Å². The van der Waals surface area contributed by atoms with Gasteiger partial charge in [0.05, 0.1) is 18.9 Å². The van der Waals surface area contributed by atoms with Gasteiger partial charge in [-0.15, -0.1) is 0 Å². The Kier molecular flexibility index (Phi) is 5.86. The minimum absolute atomic E-state index is 0.104. The fourth-order valence-electron chi connectivity index (χ4n) is 3.72. The summed E-state index contributed by atoms with van der Waals surface area (Å²) < 4.78 is 19.8. The van der Waals surface area contributed by atoms with Gasteiger partial charge in [-0.3, -0.25) is 4.90 Å². The second-order valence-electron chi connectivity index (χ2n) is 6.69. The van der Waals surface area contributed by atoms with E-state index >= 15 is 0 Å². The molecule has 1 aromatic carbocycles. The number of likely N-dealkylation sites (tertiary alicyclic amines) is 1. The van der Waals surface area contributed by atoms with Crippen molar-refractivity contribution >= 4 is 5.69 Å². The van der Waals surface area contributed by atoms with Crippen molar-refractivity contribution in [3.63, 3.8) is 0 Å². The highest BCUT2D eigenvalue weighted by atomic mass is 19.1. The molecule has 4 nitrogen and oxygen atoms in total. The van der Waals surface area contributed by atoms with Gasteiger partial charge in [0.15, 0.2) is 0 Å². The molecule has 3 rings (SSSR count). The summed E-state index contributed by atoms with van der Waals surface area (Å²) in [4.78, 5) is 4.53. The number of nitrogens with one attached hydrogen (secondary N) is 1. The van der Waals surface area contributed by atoms with Crippen LogP contribution in [0.1, 0.15) is 18.4 Å². The maximum atomic E-state index is 14.5. The molecule has 0 radical (unpaired) electrons. The molecule has 0 aromatic heterocycles. The summed E-state index contributed by atoms with van der Waals surface area (Å²) >= 11 is 0. The second kappa shape index (κ2) is 8.08. The third-order valence-electron chi connectivity index (χ3n) is 4.87. The van der Waals surface area contributed by atoms with Gasteiger partial charge in [-0.2, -0.15) is 0 Å². The summed E-state index contributed by atoms with van der Waals surface area (Å²) in [6, 6.07) is 5.73. The molecular weight excluding hydrogens is 293 g/mol. The number of benzene rings is 1. The highest BCUT2D eigenvalue weighted by Crippen LogP contribution is 2.23. The summed E-state index contributed by atoms with van der Waals surface area (Å²) in [5.74, 6) is 0.611. The molecule has 0 spiro atoms. The van der Waals surface area contributed by atoms with Crippen LogP contribution in [0.4, 0.5) is 10.1 Å². The van der Waals surface area contributed by atoms with Crippen LogP contribution in [0.15, 0.2) is 18.2 Å². The summed E-state index contributed by atoms with van der Waals surface area (Å²) in [6.07, 6.45) is 2.53. The van der Waals surface area contributed by atoms with Crippen LogP contribution >= 0.6 is 0 Å². The highest BCUT2D eigenvalue weighted by molar-refractivity contribution is 5.49. The quantitative estimate of drug-likeness (QED) is 0.899. The molecule has 0 amide bonds.